The first kappa shape index (κ1) is 13.7. The number of nitriles is 1. The monoisotopic (exact) mass is 344 g/mol. The minimum atomic E-state index is -0.916. The molecule has 0 radical (unpaired) electrons. The molecular formula is C12H4BrClF2N2O. The van der Waals surface area contributed by atoms with Gasteiger partial charge in [-0.2, -0.15) is 5.26 Å². The summed E-state index contributed by atoms with van der Waals surface area (Å²) in [6.07, 6.45) is 1.12. The Hall–Kier alpha value is -1.71. The lowest BCUT2D eigenvalue weighted by Crippen LogP contribution is -2.23. The average molecular weight is 346 g/mol. The maximum absolute atomic E-state index is 13.7. The SMILES string of the molecule is N#Cc1c(Cl)c(Br)cn(-c2c(F)cccc2F)c1=O. The van der Waals surface area contributed by atoms with Crippen molar-refractivity contribution in [2.45, 2.75) is 0 Å². The molecule has 2 rings (SSSR count). The van der Waals surface area contributed by atoms with Crippen molar-refractivity contribution < 1.29 is 8.78 Å². The van der Waals surface area contributed by atoms with Crippen LogP contribution in [-0.4, -0.2) is 4.57 Å². The van der Waals surface area contributed by atoms with Crippen LogP contribution in [0.2, 0.25) is 5.02 Å². The van der Waals surface area contributed by atoms with Crippen LogP contribution in [0.5, 0.6) is 0 Å². The first-order chi connectivity index (χ1) is 8.97. The predicted octanol–water partition coefficient (Wildman–Crippen LogP) is 3.40. The second-order valence-corrected chi connectivity index (χ2v) is 4.76. The van der Waals surface area contributed by atoms with E-state index in [0.717, 1.165) is 18.3 Å². The van der Waals surface area contributed by atoms with Crippen molar-refractivity contribution in [3.8, 4) is 11.8 Å². The van der Waals surface area contributed by atoms with E-state index in [1.807, 2.05) is 0 Å². The molecule has 0 unspecified atom stereocenters. The lowest BCUT2D eigenvalue weighted by atomic mass is 10.2. The zero-order chi connectivity index (χ0) is 14.2. The summed E-state index contributed by atoms with van der Waals surface area (Å²) in [5.74, 6) is -1.83. The molecule has 1 aromatic heterocycles. The third-order valence-electron chi connectivity index (χ3n) is 2.39. The molecule has 0 N–H and O–H groups in total. The fraction of sp³-hybridized carbons (Fsp3) is 0. The maximum atomic E-state index is 13.7. The summed E-state index contributed by atoms with van der Waals surface area (Å²) >= 11 is 8.80. The summed E-state index contributed by atoms with van der Waals surface area (Å²) in [5, 5.41) is 8.78. The van der Waals surface area contributed by atoms with Crippen LogP contribution in [0.25, 0.3) is 5.69 Å². The van der Waals surface area contributed by atoms with Crippen LogP contribution in [0.15, 0.2) is 33.7 Å². The fourth-order valence-corrected chi connectivity index (χ4v) is 2.12. The van der Waals surface area contributed by atoms with Gasteiger partial charge in [0.05, 0.1) is 9.50 Å². The molecule has 0 aliphatic rings. The first-order valence-corrected chi connectivity index (χ1v) is 6.09. The van der Waals surface area contributed by atoms with E-state index < -0.39 is 28.4 Å². The largest absolute Gasteiger partial charge is 0.276 e. The van der Waals surface area contributed by atoms with Crippen molar-refractivity contribution in [3.63, 3.8) is 0 Å². The number of halogens is 4. The predicted molar refractivity (Wildman–Crippen MR) is 69.4 cm³/mol. The number of para-hydroxylation sites is 1. The van der Waals surface area contributed by atoms with E-state index in [2.05, 4.69) is 15.9 Å². The molecule has 0 bridgehead atoms. The molecule has 1 heterocycles. The molecule has 0 spiro atoms. The first-order valence-electron chi connectivity index (χ1n) is 4.92. The third kappa shape index (κ3) is 2.27. The van der Waals surface area contributed by atoms with Gasteiger partial charge in [0, 0.05) is 6.20 Å². The Morgan fingerprint density at radius 2 is 1.89 bits per heavy atom. The quantitative estimate of drug-likeness (QED) is 0.795. The fourth-order valence-electron chi connectivity index (χ4n) is 1.54. The molecule has 0 atom stereocenters. The molecule has 0 amide bonds. The van der Waals surface area contributed by atoms with E-state index in [0.29, 0.717) is 4.57 Å². The zero-order valence-electron chi connectivity index (χ0n) is 9.12. The van der Waals surface area contributed by atoms with Crippen LogP contribution in [0.1, 0.15) is 5.56 Å². The lowest BCUT2D eigenvalue weighted by molar-refractivity contribution is 0.566. The molecule has 0 aliphatic carbocycles. The minimum Gasteiger partial charge on any atom is -0.276 e. The molecule has 2 aromatic rings. The van der Waals surface area contributed by atoms with Gasteiger partial charge in [-0.3, -0.25) is 9.36 Å². The van der Waals surface area contributed by atoms with Crippen LogP contribution in [0.3, 0.4) is 0 Å². The minimum absolute atomic E-state index is 0.0968. The number of pyridine rings is 1. The average Bonchev–Trinajstić information content (AvgIpc) is 2.36. The molecule has 0 saturated heterocycles. The van der Waals surface area contributed by atoms with Crippen molar-refractivity contribution in [2.24, 2.45) is 0 Å². The van der Waals surface area contributed by atoms with E-state index >= 15 is 0 Å². The van der Waals surface area contributed by atoms with Crippen LogP contribution in [0.4, 0.5) is 8.78 Å². The van der Waals surface area contributed by atoms with E-state index in [4.69, 9.17) is 16.9 Å². The van der Waals surface area contributed by atoms with Crippen LogP contribution >= 0.6 is 27.5 Å². The van der Waals surface area contributed by atoms with Crippen LogP contribution in [-0.2, 0) is 0 Å². The molecule has 1 aromatic carbocycles. The van der Waals surface area contributed by atoms with Crippen molar-refractivity contribution in [1.82, 2.24) is 4.57 Å². The molecule has 7 heteroatoms. The molecule has 0 saturated carbocycles. The summed E-state index contributed by atoms with van der Waals surface area (Å²) in [6.45, 7) is 0. The summed E-state index contributed by atoms with van der Waals surface area (Å²) < 4.78 is 28.2. The standard InChI is InChI=1S/C12H4BrClF2N2O/c13-7-5-18(12(19)6(4-17)10(7)14)11-8(15)2-1-3-9(11)16/h1-3,5H. The second-order valence-electron chi connectivity index (χ2n) is 3.52. The van der Waals surface area contributed by atoms with E-state index in [9.17, 15) is 13.6 Å². The van der Waals surface area contributed by atoms with Gasteiger partial charge in [-0.1, -0.05) is 17.7 Å². The molecule has 0 aliphatic heterocycles. The number of rotatable bonds is 1. The Balaban J connectivity index is 2.90. The molecule has 0 fully saturated rings. The topological polar surface area (TPSA) is 45.8 Å². The van der Waals surface area contributed by atoms with Crippen molar-refractivity contribution in [2.75, 3.05) is 0 Å². The van der Waals surface area contributed by atoms with Crippen LogP contribution < -0.4 is 5.56 Å². The van der Waals surface area contributed by atoms with Gasteiger partial charge in [0.25, 0.3) is 5.56 Å². The highest BCUT2D eigenvalue weighted by Gasteiger charge is 2.18. The van der Waals surface area contributed by atoms with Gasteiger partial charge in [0.15, 0.2) is 0 Å². The van der Waals surface area contributed by atoms with E-state index in [-0.39, 0.29) is 9.50 Å². The lowest BCUT2D eigenvalue weighted by Gasteiger charge is -2.10. The Morgan fingerprint density at radius 1 is 1.32 bits per heavy atom. The number of hydrogen-bond donors (Lipinski definition) is 0. The molecule has 96 valence electrons. The molecule has 19 heavy (non-hydrogen) atoms. The highest BCUT2D eigenvalue weighted by molar-refractivity contribution is 9.10. The molecule has 3 nitrogen and oxygen atoms in total. The third-order valence-corrected chi connectivity index (χ3v) is 3.62. The van der Waals surface area contributed by atoms with Gasteiger partial charge >= 0.3 is 0 Å². The van der Waals surface area contributed by atoms with Gasteiger partial charge < -0.3 is 0 Å². The van der Waals surface area contributed by atoms with Crippen molar-refractivity contribution in [3.05, 3.63) is 61.4 Å². The number of benzene rings is 1. The Labute approximate surface area is 119 Å². The highest BCUT2D eigenvalue weighted by atomic mass is 79.9. The van der Waals surface area contributed by atoms with Crippen molar-refractivity contribution >= 4 is 27.5 Å². The van der Waals surface area contributed by atoms with Gasteiger partial charge in [-0.25, -0.2) is 8.78 Å². The smallest absolute Gasteiger partial charge is 0.274 e. The number of aromatic nitrogens is 1. The Bertz CT molecular complexity index is 747. The van der Waals surface area contributed by atoms with E-state index in [1.165, 1.54) is 6.07 Å². The van der Waals surface area contributed by atoms with E-state index in [1.54, 1.807) is 6.07 Å². The summed E-state index contributed by atoms with van der Waals surface area (Å²) in [7, 11) is 0. The van der Waals surface area contributed by atoms with Gasteiger partial charge in [0.2, 0.25) is 0 Å². The highest BCUT2D eigenvalue weighted by Crippen LogP contribution is 2.25. The second kappa shape index (κ2) is 5.11. The summed E-state index contributed by atoms with van der Waals surface area (Å²) in [4.78, 5) is 12.0. The van der Waals surface area contributed by atoms with Gasteiger partial charge in [0.1, 0.15) is 29.0 Å². The normalized spacial score (nSPS) is 10.3. The Kier molecular flexibility index (Phi) is 3.69. The summed E-state index contributed by atoms with van der Waals surface area (Å²) in [6, 6.07) is 4.82. The number of nitrogens with zero attached hydrogens (tertiary/aromatic N) is 2. The number of hydrogen-bond acceptors (Lipinski definition) is 2. The zero-order valence-corrected chi connectivity index (χ0v) is 11.5. The molecular weight excluding hydrogens is 341 g/mol. The van der Waals surface area contributed by atoms with Gasteiger partial charge in [-0.15, -0.1) is 0 Å². The summed E-state index contributed by atoms with van der Waals surface area (Å²) in [5.41, 5.74) is -1.83. The van der Waals surface area contributed by atoms with Crippen LogP contribution in [0, 0.1) is 23.0 Å². The van der Waals surface area contributed by atoms with Crippen molar-refractivity contribution in [1.29, 1.82) is 5.26 Å². The van der Waals surface area contributed by atoms with Gasteiger partial charge in [-0.05, 0) is 28.1 Å². The Morgan fingerprint density at radius 3 is 2.42 bits per heavy atom. The maximum Gasteiger partial charge on any atom is 0.274 e.